The first-order valence-electron chi connectivity index (χ1n) is 9.15. The van der Waals surface area contributed by atoms with E-state index in [0.717, 1.165) is 12.2 Å². The predicted molar refractivity (Wildman–Crippen MR) is 100.0 cm³/mol. The molecular formula is C22H30O. The third-order valence-electron chi connectivity index (χ3n) is 4.35. The molecular weight excluding hydrogens is 280 g/mol. The number of ether oxygens (including phenoxy) is 1. The molecule has 0 saturated heterocycles. The van der Waals surface area contributed by atoms with Gasteiger partial charge in [0.15, 0.2) is 0 Å². The zero-order valence-electron chi connectivity index (χ0n) is 14.6. The summed E-state index contributed by atoms with van der Waals surface area (Å²) < 4.78 is 6.16. The van der Waals surface area contributed by atoms with Gasteiger partial charge < -0.3 is 4.74 Å². The summed E-state index contributed by atoms with van der Waals surface area (Å²) in [6, 6.07) is 19.0. The zero-order chi connectivity index (χ0) is 16.3. The molecule has 0 bridgehead atoms. The number of rotatable bonds is 10. The van der Waals surface area contributed by atoms with E-state index in [4.69, 9.17) is 4.74 Å². The van der Waals surface area contributed by atoms with Gasteiger partial charge in [-0.15, -0.1) is 0 Å². The molecule has 0 fully saturated rings. The Bertz CT molecular complexity index is 530. The van der Waals surface area contributed by atoms with E-state index in [-0.39, 0.29) is 0 Å². The lowest BCUT2D eigenvalue weighted by atomic mass is 10.1. The maximum absolute atomic E-state index is 6.16. The lowest BCUT2D eigenvalue weighted by molar-refractivity contribution is 0.182. The topological polar surface area (TPSA) is 9.23 Å². The van der Waals surface area contributed by atoms with Crippen molar-refractivity contribution in [3.05, 3.63) is 54.6 Å². The van der Waals surface area contributed by atoms with Gasteiger partial charge in [0, 0.05) is 0 Å². The van der Waals surface area contributed by atoms with Gasteiger partial charge in [-0.2, -0.15) is 0 Å². The summed E-state index contributed by atoms with van der Waals surface area (Å²) in [6.45, 7) is 4.48. The third kappa shape index (κ3) is 6.09. The van der Waals surface area contributed by atoms with Crippen molar-refractivity contribution < 1.29 is 4.74 Å². The molecule has 0 amide bonds. The summed E-state index contributed by atoms with van der Waals surface area (Å²) in [4.78, 5) is 0. The normalized spacial score (nSPS) is 12.1. The molecule has 0 saturated carbocycles. The maximum atomic E-state index is 6.16. The van der Waals surface area contributed by atoms with E-state index in [0.29, 0.717) is 6.10 Å². The van der Waals surface area contributed by atoms with Gasteiger partial charge in [-0.05, 0) is 42.5 Å². The molecule has 2 rings (SSSR count). The summed E-state index contributed by atoms with van der Waals surface area (Å²) in [5.41, 5.74) is 2.49. The molecule has 0 radical (unpaired) electrons. The molecule has 0 aliphatic heterocycles. The van der Waals surface area contributed by atoms with E-state index in [9.17, 15) is 0 Å². The third-order valence-corrected chi connectivity index (χ3v) is 4.35. The molecule has 1 heteroatoms. The summed E-state index contributed by atoms with van der Waals surface area (Å²) >= 11 is 0. The minimum Gasteiger partial charge on any atom is -0.490 e. The molecule has 23 heavy (non-hydrogen) atoms. The highest BCUT2D eigenvalue weighted by Gasteiger charge is 2.08. The first-order chi connectivity index (χ1) is 11.3. The lowest BCUT2D eigenvalue weighted by Gasteiger charge is -2.18. The second-order valence-electron chi connectivity index (χ2n) is 6.24. The Morgan fingerprint density at radius 1 is 0.739 bits per heavy atom. The van der Waals surface area contributed by atoms with E-state index in [2.05, 4.69) is 62.4 Å². The van der Waals surface area contributed by atoms with Crippen LogP contribution < -0.4 is 4.74 Å². The Hall–Kier alpha value is -1.76. The van der Waals surface area contributed by atoms with Crippen molar-refractivity contribution >= 4 is 0 Å². The fourth-order valence-corrected chi connectivity index (χ4v) is 2.87. The summed E-state index contributed by atoms with van der Waals surface area (Å²) in [7, 11) is 0. The van der Waals surface area contributed by atoms with Crippen LogP contribution in [-0.2, 0) is 0 Å². The quantitative estimate of drug-likeness (QED) is 0.435. The zero-order valence-corrected chi connectivity index (χ0v) is 14.6. The number of benzene rings is 2. The van der Waals surface area contributed by atoms with Crippen LogP contribution in [0.15, 0.2) is 54.6 Å². The fourth-order valence-electron chi connectivity index (χ4n) is 2.87. The van der Waals surface area contributed by atoms with E-state index < -0.39 is 0 Å². The maximum Gasteiger partial charge on any atom is 0.119 e. The molecule has 2 aromatic carbocycles. The molecule has 0 heterocycles. The Morgan fingerprint density at radius 2 is 1.39 bits per heavy atom. The first-order valence-corrected chi connectivity index (χ1v) is 9.15. The van der Waals surface area contributed by atoms with Gasteiger partial charge in [-0.3, -0.25) is 0 Å². The Morgan fingerprint density at radius 3 is 2.04 bits per heavy atom. The standard InChI is InChI=1S/C22H30O/c1-3-5-6-7-11-14-21(4-2)23-22-17-15-20(16-18-22)19-12-9-8-10-13-19/h8-10,12-13,15-18,21H,3-7,11,14H2,1-2H3. The van der Waals surface area contributed by atoms with Gasteiger partial charge in [-0.1, -0.05) is 82.0 Å². The van der Waals surface area contributed by atoms with Gasteiger partial charge in [0.05, 0.1) is 6.10 Å². The molecule has 0 spiro atoms. The number of hydrogen-bond acceptors (Lipinski definition) is 1. The van der Waals surface area contributed by atoms with Crippen molar-refractivity contribution in [3.8, 4) is 16.9 Å². The molecule has 0 N–H and O–H groups in total. The van der Waals surface area contributed by atoms with Crippen LogP contribution in [0.2, 0.25) is 0 Å². The SMILES string of the molecule is CCCCCCCC(CC)Oc1ccc(-c2ccccc2)cc1. The van der Waals surface area contributed by atoms with Crippen LogP contribution in [0, 0.1) is 0 Å². The predicted octanol–water partition coefficient (Wildman–Crippen LogP) is 6.87. The molecule has 0 aromatic heterocycles. The lowest BCUT2D eigenvalue weighted by Crippen LogP contribution is -2.15. The second-order valence-corrected chi connectivity index (χ2v) is 6.24. The molecule has 2 aromatic rings. The Labute approximate surface area is 141 Å². The molecule has 1 unspecified atom stereocenters. The Balaban J connectivity index is 1.84. The molecule has 1 atom stereocenters. The molecule has 0 aliphatic carbocycles. The van der Waals surface area contributed by atoms with Crippen LogP contribution in [0.5, 0.6) is 5.75 Å². The second kappa shape index (κ2) is 10.1. The van der Waals surface area contributed by atoms with Crippen LogP contribution in [0.4, 0.5) is 0 Å². The summed E-state index contributed by atoms with van der Waals surface area (Å²) in [5.74, 6) is 0.991. The van der Waals surface area contributed by atoms with Crippen molar-refractivity contribution in [1.29, 1.82) is 0 Å². The van der Waals surface area contributed by atoms with Crippen LogP contribution in [0.3, 0.4) is 0 Å². The molecule has 1 nitrogen and oxygen atoms in total. The largest absolute Gasteiger partial charge is 0.490 e. The summed E-state index contributed by atoms with van der Waals surface area (Å²) in [5, 5.41) is 0. The van der Waals surface area contributed by atoms with E-state index in [1.165, 1.54) is 49.7 Å². The number of hydrogen-bond donors (Lipinski definition) is 0. The Kier molecular flexibility index (Phi) is 7.72. The average molecular weight is 310 g/mol. The van der Waals surface area contributed by atoms with Crippen molar-refractivity contribution in [2.75, 3.05) is 0 Å². The van der Waals surface area contributed by atoms with Crippen molar-refractivity contribution in [1.82, 2.24) is 0 Å². The van der Waals surface area contributed by atoms with Gasteiger partial charge >= 0.3 is 0 Å². The van der Waals surface area contributed by atoms with E-state index in [1.54, 1.807) is 0 Å². The van der Waals surface area contributed by atoms with Gasteiger partial charge in [0.25, 0.3) is 0 Å². The minimum atomic E-state index is 0.346. The van der Waals surface area contributed by atoms with Crippen LogP contribution in [-0.4, -0.2) is 6.10 Å². The van der Waals surface area contributed by atoms with Gasteiger partial charge in [0.1, 0.15) is 5.75 Å². The van der Waals surface area contributed by atoms with Crippen LogP contribution in [0.1, 0.15) is 58.8 Å². The van der Waals surface area contributed by atoms with E-state index >= 15 is 0 Å². The van der Waals surface area contributed by atoms with Crippen molar-refractivity contribution in [3.63, 3.8) is 0 Å². The van der Waals surface area contributed by atoms with Gasteiger partial charge in [-0.25, -0.2) is 0 Å². The molecule has 0 aliphatic rings. The van der Waals surface area contributed by atoms with E-state index in [1.807, 2.05) is 6.07 Å². The van der Waals surface area contributed by atoms with Gasteiger partial charge in [0.2, 0.25) is 0 Å². The fraction of sp³-hybridized carbons (Fsp3) is 0.455. The molecule has 124 valence electrons. The first kappa shape index (κ1) is 17.6. The van der Waals surface area contributed by atoms with Crippen LogP contribution >= 0.6 is 0 Å². The summed E-state index contributed by atoms with van der Waals surface area (Å²) in [6.07, 6.45) is 9.23. The smallest absolute Gasteiger partial charge is 0.119 e. The number of unbranched alkanes of at least 4 members (excludes halogenated alkanes) is 4. The van der Waals surface area contributed by atoms with Crippen LogP contribution in [0.25, 0.3) is 11.1 Å². The average Bonchev–Trinajstić information content (AvgIpc) is 2.62. The highest BCUT2D eigenvalue weighted by molar-refractivity contribution is 5.63. The van der Waals surface area contributed by atoms with Crippen molar-refractivity contribution in [2.45, 2.75) is 64.9 Å². The highest BCUT2D eigenvalue weighted by Crippen LogP contribution is 2.24. The monoisotopic (exact) mass is 310 g/mol. The highest BCUT2D eigenvalue weighted by atomic mass is 16.5. The minimum absolute atomic E-state index is 0.346. The van der Waals surface area contributed by atoms with Crippen molar-refractivity contribution in [2.24, 2.45) is 0 Å².